The SMILES string of the molecule is C=CC.C=CC.C=CC.CCCCCCCCCCN1CCCNN1. The van der Waals surface area contributed by atoms with Crippen molar-refractivity contribution in [3.05, 3.63) is 38.0 Å². The zero-order valence-electron chi connectivity index (χ0n) is 17.8. The van der Waals surface area contributed by atoms with Crippen LogP contribution in [0.15, 0.2) is 38.0 Å². The van der Waals surface area contributed by atoms with Crippen LogP contribution in [-0.2, 0) is 0 Å². The summed E-state index contributed by atoms with van der Waals surface area (Å²) in [6.45, 7) is 21.5. The molecule has 0 unspecified atom stereocenters. The van der Waals surface area contributed by atoms with Crippen molar-refractivity contribution >= 4 is 0 Å². The molecule has 1 heterocycles. The Morgan fingerprint density at radius 3 is 1.64 bits per heavy atom. The summed E-state index contributed by atoms with van der Waals surface area (Å²) in [4.78, 5) is 0. The van der Waals surface area contributed by atoms with Gasteiger partial charge < -0.3 is 0 Å². The summed E-state index contributed by atoms with van der Waals surface area (Å²) >= 11 is 0. The number of hydrazine groups is 2. The van der Waals surface area contributed by atoms with Crippen LogP contribution in [0.3, 0.4) is 0 Å². The zero-order chi connectivity index (χ0) is 19.6. The van der Waals surface area contributed by atoms with Gasteiger partial charge in [0.25, 0.3) is 0 Å². The lowest BCUT2D eigenvalue weighted by Gasteiger charge is -2.27. The molecule has 150 valence electrons. The van der Waals surface area contributed by atoms with Gasteiger partial charge in [-0.05, 0) is 33.6 Å². The van der Waals surface area contributed by atoms with E-state index in [2.05, 4.69) is 42.6 Å². The predicted octanol–water partition coefficient (Wildman–Crippen LogP) is 6.42. The van der Waals surface area contributed by atoms with E-state index in [4.69, 9.17) is 0 Å². The van der Waals surface area contributed by atoms with E-state index < -0.39 is 0 Å². The third kappa shape index (κ3) is 35.2. The van der Waals surface area contributed by atoms with Gasteiger partial charge in [0.05, 0.1) is 0 Å². The fraction of sp³-hybridized carbons (Fsp3) is 0.727. The summed E-state index contributed by atoms with van der Waals surface area (Å²) in [6.07, 6.45) is 17.8. The van der Waals surface area contributed by atoms with Crippen LogP contribution < -0.4 is 11.0 Å². The van der Waals surface area contributed by atoms with E-state index in [1.807, 2.05) is 20.8 Å². The number of unbranched alkanes of at least 4 members (excludes halogenated alkanes) is 7. The highest BCUT2D eigenvalue weighted by Gasteiger charge is 2.07. The first kappa shape index (κ1) is 28.9. The van der Waals surface area contributed by atoms with Crippen molar-refractivity contribution in [3.63, 3.8) is 0 Å². The highest BCUT2D eigenvalue weighted by Crippen LogP contribution is 2.08. The number of nitrogens with zero attached hydrogens (tertiary/aromatic N) is 1. The summed E-state index contributed by atoms with van der Waals surface area (Å²) in [5.74, 6) is 0. The Balaban J connectivity index is -0.000000451. The number of allylic oxidation sites excluding steroid dienone is 3. The molecule has 0 amide bonds. The quantitative estimate of drug-likeness (QED) is 0.370. The fourth-order valence-corrected chi connectivity index (χ4v) is 2.19. The van der Waals surface area contributed by atoms with E-state index in [0.29, 0.717) is 0 Å². The second-order valence-electron chi connectivity index (χ2n) is 6.08. The van der Waals surface area contributed by atoms with Gasteiger partial charge in [-0.3, -0.25) is 0 Å². The van der Waals surface area contributed by atoms with Crippen molar-refractivity contribution in [2.45, 2.75) is 85.5 Å². The van der Waals surface area contributed by atoms with Gasteiger partial charge in [0.1, 0.15) is 0 Å². The van der Waals surface area contributed by atoms with E-state index in [1.165, 1.54) is 70.9 Å². The molecule has 2 N–H and O–H groups in total. The van der Waals surface area contributed by atoms with Gasteiger partial charge in [-0.25, -0.2) is 10.4 Å². The molecule has 0 saturated carbocycles. The number of hydrogen-bond donors (Lipinski definition) is 2. The number of nitrogens with one attached hydrogen (secondary N) is 2. The molecule has 0 bridgehead atoms. The van der Waals surface area contributed by atoms with Crippen LogP contribution in [0.25, 0.3) is 0 Å². The molecule has 1 aliphatic rings. The summed E-state index contributed by atoms with van der Waals surface area (Å²) < 4.78 is 0. The molecule has 0 aromatic heterocycles. The summed E-state index contributed by atoms with van der Waals surface area (Å²) in [5.41, 5.74) is 6.41. The van der Waals surface area contributed by atoms with Crippen LogP contribution in [0.5, 0.6) is 0 Å². The van der Waals surface area contributed by atoms with Gasteiger partial charge in [-0.15, -0.1) is 19.7 Å². The maximum absolute atomic E-state index is 3.36. The van der Waals surface area contributed by atoms with Gasteiger partial charge >= 0.3 is 0 Å². The molecule has 1 aliphatic heterocycles. The average molecular weight is 354 g/mol. The van der Waals surface area contributed by atoms with E-state index >= 15 is 0 Å². The van der Waals surface area contributed by atoms with Crippen molar-refractivity contribution in [1.29, 1.82) is 0 Å². The van der Waals surface area contributed by atoms with E-state index in [1.54, 1.807) is 18.2 Å². The zero-order valence-corrected chi connectivity index (χ0v) is 17.8. The van der Waals surface area contributed by atoms with E-state index in [-0.39, 0.29) is 0 Å². The monoisotopic (exact) mass is 353 g/mol. The fourth-order valence-electron chi connectivity index (χ4n) is 2.19. The minimum Gasteiger partial charge on any atom is -0.244 e. The number of rotatable bonds is 9. The second kappa shape index (κ2) is 30.9. The molecule has 0 aromatic carbocycles. The van der Waals surface area contributed by atoms with Crippen LogP contribution in [0.2, 0.25) is 0 Å². The van der Waals surface area contributed by atoms with Crippen molar-refractivity contribution < 1.29 is 0 Å². The molecule has 0 radical (unpaired) electrons. The maximum atomic E-state index is 3.36. The second-order valence-corrected chi connectivity index (χ2v) is 6.08. The summed E-state index contributed by atoms with van der Waals surface area (Å²) in [5, 5.41) is 2.31. The van der Waals surface area contributed by atoms with Gasteiger partial charge in [-0.1, -0.05) is 70.1 Å². The van der Waals surface area contributed by atoms with Crippen LogP contribution in [0.1, 0.15) is 85.5 Å². The minimum absolute atomic E-state index is 1.11. The molecule has 0 aromatic rings. The molecule has 1 saturated heterocycles. The minimum atomic E-state index is 1.11. The Hall–Kier alpha value is -0.900. The Labute approximate surface area is 159 Å². The predicted molar refractivity (Wildman–Crippen MR) is 118 cm³/mol. The Morgan fingerprint density at radius 2 is 1.24 bits per heavy atom. The van der Waals surface area contributed by atoms with E-state index in [9.17, 15) is 0 Å². The Kier molecular flexibility index (Phi) is 35.7. The lowest BCUT2D eigenvalue weighted by atomic mass is 10.1. The van der Waals surface area contributed by atoms with E-state index in [0.717, 1.165) is 6.54 Å². The number of hydrogen-bond acceptors (Lipinski definition) is 3. The van der Waals surface area contributed by atoms with Crippen LogP contribution >= 0.6 is 0 Å². The smallest absolute Gasteiger partial charge is 0.0156 e. The highest BCUT2D eigenvalue weighted by molar-refractivity contribution is 4.58. The lowest BCUT2D eigenvalue weighted by molar-refractivity contribution is 0.114. The van der Waals surface area contributed by atoms with Crippen molar-refractivity contribution in [3.8, 4) is 0 Å². The van der Waals surface area contributed by atoms with Gasteiger partial charge in [0.2, 0.25) is 0 Å². The van der Waals surface area contributed by atoms with Crippen LogP contribution in [0, 0.1) is 0 Å². The van der Waals surface area contributed by atoms with Crippen LogP contribution in [-0.4, -0.2) is 24.6 Å². The average Bonchev–Trinajstić information content (AvgIpc) is 2.60. The summed E-state index contributed by atoms with van der Waals surface area (Å²) in [7, 11) is 0. The molecular formula is C22H47N3. The first-order valence-electron chi connectivity index (χ1n) is 10.1. The molecule has 3 heteroatoms. The Morgan fingerprint density at radius 1 is 0.800 bits per heavy atom. The molecule has 0 aliphatic carbocycles. The third-order valence-corrected chi connectivity index (χ3v) is 3.25. The molecule has 1 fully saturated rings. The van der Waals surface area contributed by atoms with Crippen molar-refractivity contribution in [1.82, 2.24) is 16.0 Å². The maximum Gasteiger partial charge on any atom is 0.0156 e. The molecular weight excluding hydrogens is 306 g/mol. The van der Waals surface area contributed by atoms with Crippen molar-refractivity contribution in [2.24, 2.45) is 0 Å². The normalized spacial score (nSPS) is 13.0. The topological polar surface area (TPSA) is 27.3 Å². The molecule has 3 nitrogen and oxygen atoms in total. The highest BCUT2D eigenvalue weighted by atomic mass is 15.7. The van der Waals surface area contributed by atoms with Crippen LogP contribution in [0.4, 0.5) is 0 Å². The van der Waals surface area contributed by atoms with Gasteiger partial charge in [-0.2, -0.15) is 5.53 Å². The largest absolute Gasteiger partial charge is 0.244 e. The molecule has 0 atom stereocenters. The third-order valence-electron chi connectivity index (χ3n) is 3.25. The first-order chi connectivity index (χ1) is 12.2. The molecule has 0 spiro atoms. The van der Waals surface area contributed by atoms with Gasteiger partial charge in [0.15, 0.2) is 0 Å². The summed E-state index contributed by atoms with van der Waals surface area (Å²) in [6, 6.07) is 0. The Bertz CT molecular complexity index is 231. The lowest BCUT2D eigenvalue weighted by Crippen LogP contribution is -2.52. The first-order valence-corrected chi connectivity index (χ1v) is 10.1. The molecule has 25 heavy (non-hydrogen) atoms. The van der Waals surface area contributed by atoms with Crippen molar-refractivity contribution in [2.75, 3.05) is 19.6 Å². The standard InChI is InChI=1S/C13H29N3.3C3H6/c1-2-3-4-5-6-7-8-9-12-16-13-10-11-14-15-16;3*1-3-2/h14-15H,2-13H2,1H3;3*3H,1H2,2H3. The van der Waals surface area contributed by atoms with Gasteiger partial charge in [0, 0.05) is 19.6 Å². The molecule has 1 rings (SSSR count).